The number of halogens is 8. The molecule has 13 heteroatoms. The van der Waals surface area contributed by atoms with E-state index in [2.05, 4.69) is 9.17 Å². The molecule has 43 heavy (non-hydrogen) atoms. The summed E-state index contributed by atoms with van der Waals surface area (Å²) in [5.41, 5.74) is 1.58. The molecule has 0 unspecified atom stereocenters. The van der Waals surface area contributed by atoms with Crippen molar-refractivity contribution in [3.63, 3.8) is 0 Å². The highest BCUT2D eigenvalue weighted by molar-refractivity contribution is 7.87. The molecule has 5 rings (SSSR count). The molecule has 4 nitrogen and oxygen atoms in total. The smallest absolute Gasteiger partial charge is 0.372 e. The zero-order valence-electron chi connectivity index (χ0n) is 21.7. The van der Waals surface area contributed by atoms with Crippen molar-refractivity contribution in [2.24, 2.45) is 0 Å². The molecule has 0 saturated carbocycles. The summed E-state index contributed by atoms with van der Waals surface area (Å²) < 4.78 is 139. The number of fused-ring (bicyclic) bond motifs is 1. The van der Waals surface area contributed by atoms with Crippen molar-refractivity contribution in [1.82, 2.24) is 4.98 Å². The Balaban J connectivity index is 1.48. The molecule has 0 amide bonds. The molecule has 0 aliphatic heterocycles. The summed E-state index contributed by atoms with van der Waals surface area (Å²) >= 11 is 0. The van der Waals surface area contributed by atoms with Gasteiger partial charge in [-0.1, -0.05) is 48.5 Å². The number of alkyl halides is 3. The van der Waals surface area contributed by atoms with Gasteiger partial charge in [0.15, 0.2) is 0 Å². The third kappa shape index (κ3) is 5.64. The number of pyridine rings is 1. The van der Waals surface area contributed by atoms with Crippen LogP contribution in [0.3, 0.4) is 0 Å². The lowest BCUT2D eigenvalue weighted by atomic mass is 9.93. The quantitative estimate of drug-likeness (QED) is 0.0827. The van der Waals surface area contributed by atoms with Crippen LogP contribution in [0.25, 0.3) is 22.0 Å². The Hall–Kier alpha value is -4.52. The first-order valence-corrected chi connectivity index (χ1v) is 13.7. The van der Waals surface area contributed by atoms with Gasteiger partial charge in [-0.3, -0.25) is 4.98 Å². The van der Waals surface area contributed by atoms with Crippen LogP contribution in [0.4, 0.5) is 35.1 Å². The topological polar surface area (TPSA) is 56.3 Å². The van der Waals surface area contributed by atoms with Crippen LogP contribution in [0.2, 0.25) is 0 Å². The lowest BCUT2D eigenvalue weighted by Crippen LogP contribution is -2.14. The zero-order chi connectivity index (χ0) is 31.3. The van der Waals surface area contributed by atoms with Crippen LogP contribution in [0, 0.1) is 36.0 Å². The van der Waals surface area contributed by atoms with E-state index >= 15 is 0 Å². The van der Waals surface area contributed by atoms with Gasteiger partial charge in [0.2, 0.25) is 34.8 Å². The number of hydrogen-bond acceptors (Lipinski definition) is 4. The zero-order valence-corrected chi connectivity index (χ0v) is 22.6. The normalized spacial score (nSPS) is 12.1. The van der Waals surface area contributed by atoms with Crippen molar-refractivity contribution < 1.29 is 47.7 Å². The van der Waals surface area contributed by atoms with Gasteiger partial charge in [-0.05, 0) is 59.4 Å². The van der Waals surface area contributed by atoms with E-state index in [1.54, 1.807) is 31.2 Å². The maximum absolute atomic E-state index is 14.0. The highest BCUT2D eigenvalue weighted by Crippen LogP contribution is 2.38. The maximum atomic E-state index is 14.0. The van der Waals surface area contributed by atoms with Crippen LogP contribution in [0.5, 0.6) is 5.75 Å². The van der Waals surface area contributed by atoms with Crippen LogP contribution < -0.4 is 4.18 Å². The summed E-state index contributed by atoms with van der Waals surface area (Å²) in [5, 5.41) is 0.283. The fraction of sp³-hybridized carbons (Fsp3) is 0.100. The highest BCUT2D eigenvalue weighted by atomic mass is 32.2. The molecule has 0 fully saturated rings. The van der Waals surface area contributed by atoms with Gasteiger partial charge in [0.25, 0.3) is 0 Å². The minimum Gasteiger partial charge on any atom is -0.372 e. The first kappa shape index (κ1) is 30.0. The van der Waals surface area contributed by atoms with E-state index in [0.29, 0.717) is 27.8 Å². The second kappa shape index (κ2) is 11.0. The van der Waals surface area contributed by atoms with Crippen molar-refractivity contribution in [3.05, 3.63) is 124 Å². The molecule has 1 aromatic heterocycles. The number of hydrogen-bond donors (Lipinski definition) is 0. The molecule has 0 N–H and O–H groups in total. The lowest BCUT2D eigenvalue weighted by molar-refractivity contribution is -0.136. The second-order valence-corrected chi connectivity index (χ2v) is 11.0. The largest absolute Gasteiger partial charge is 0.418 e. The third-order valence-corrected chi connectivity index (χ3v) is 7.78. The van der Waals surface area contributed by atoms with Crippen LogP contribution in [0.15, 0.2) is 77.8 Å². The molecule has 0 aliphatic rings. The third-order valence-electron chi connectivity index (χ3n) is 6.57. The van der Waals surface area contributed by atoms with E-state index < -0.39 is 61.6 Å². The van der Waals surface area contributed by atoms with Crippen molar-refractivity contribution in [3.8, 4) is 16.9 Å². The lowest BCUT2D eigenvalue weighted by Gasteiger charge is -2.15. The summed E-state index contributed by atoms with van der Waals surface area (Å²) in [6, 6.07) is 15.4. The van der Waals surface area contributed by atoms with Crippen LogP contribution in [0.1, 0.15) is 22.3 Å². The number of para-hydroxylation sites is 1. The monoisotopic (exact) mass is 623 g/mol. The van der Waals surface area contributed by atoms with Gasteiger partial charge in [0, 0.05) is 11.6 Å². The maximum Gasteiger partial charge on any atom is 0.418 e. The van der Waals surface area contributed by atoms with Crippen molar-refractivity contribution in [2.75, 3.05) is 0 Å². The average molecular weight is 624 g/mol. The Morgan fingerprint density at radius 1 is 0.767 bits per heavy atom. The van der Waals surface area contributed by atoms with E-state index in [1.165, 1.54) is 30.5 Å². The first-order valence-electron chi connectivity index (χ1n) is 12.3. The van der Waals surface area contributed by atoms with E-state index in [4.69, 9.17) is 0 Å². The van der Waals surface area contributed by atoms with E-state index in [0.717, 1.165) is 18.2 Å². The average Bonchev–Trinajstić information content (AvgIpc) is 2.96. The molecular weight excluding hydrogens is 606 g/mol. The Labute approximate surface area is 239 Å². The predicted molar refractivity (Wildman–Crippen MR) is 140 cm³/mol. The fourth-order valence-corrected chi connectivity index (χ4v) is 5.64. The van der Waals surface area contributed by atoms with Gasteiger partial charge in [-0.2, -0.15) is 30.4 Å². The molecule has 222 valence electrons. The molecule has 4 aromatic carbocycles. The van der Waals surface area contributed by atoms with E-state index in [1.807, 2.05) is 0 Å². The second-order valence-electron chi connectivity index (χ2n) is 9.48. The van der Waals surface area contributed by atoms with Gasteiger partial charge >= 0.3 is 16.3 Å². The van der Waals surface area contributed by atoms with Crippen LogP contribution >= 0.6 is 0 Å². The SMILES string of the molecule is Cc1cnc2c(C(F)(F)F)cccc2c1-c1cccc(Cc2cccc(S(=O)(=O)Oc3c(F)c(F)c(F)c(F)c3F)c2)c1. The number of aromatic nitrogens is 1. The number of rotatable bonds is 6. The van der Waals surface area contributed by atoms with Crippen LogP contribution in [-0.2, 0) is 22.7 Å². The molecule has 0 spiro atoms. The number of aryl methyl sites for hydroxylation is 1. The van der Waals surface area contributed by atoms with Crippen LogP contribution in [-0.4, -0.2) is 13.4 Å². The molecular formula is C30H17F8NO3S. The molecule has 0 saturated heterocycles. The molecule has 1 heterocycles. The Morgan fingerprint density at radius 2 is 1.35 bits per heavy atom. The molecule has 5 aromatic rings. The first-order chi connectivity index (χ1) is 20.2. The Morgan fingerprint density at radius 3 is 2.00 bits per heavy atom. The van der Waals surface area contributed by atoms with Gasteiger partial charge in [0.1, 0.15) is 4.90 Å². The van der Waals surface area contributed by atoms with Gasteiger partial charge < -0.3 is 4.18 Å². The van der Waals surface area contributed by atoms with Gasteiger partial charge in [-0.15, -0.1) is 0 Å². The molecule has 0 radical (unpaired) electrons. The number of benzene rings is 4. The fourth-order valence-electron chi connectivity index (χ4n) is 4.63. The Bertz CT molecular complexity index is 1980. The molecule has 0 atom stereocenters. The summed E-state index contributed by atoms with van der Waals surface area (Å²) in [4.78, 5) is 3.39. The summed E-state index contributed by atoms with van der Waals surface area (Å²) in [5.74, 6) is -14.1. The molecule has 0 bridgehead atoms. The van der Waals surface area contributed by atoms with E-state index in [-0.39, 0.29) is 17.3 Å². The number of nitrogens with zero attached hydrogens (tertiary/aromatic N) is 1. The Kier molecular flexibility index (Phi) is 7.63. The van der Waals surface area contributed by atoms with Gasteiger partial charge in [-0.25, -0.2) is 13.2 Å². The van der Waals surface area contributed by atoms with Gasteiger partial charge in [0.05, 0.1) is 11.1 Å². The van der Waals surface area contributed by atoms with Crippen molar-refractivity contribution in [1.29, 1.82) is 0 Å². The standard InChI is InChI=1S/C30H17F8NO3S/c1-15-14-39-28-20(9-4-10-21(28)30(36,37)38)22(15)18-7-2-5-16(12-18)11-17-6-3-8-19(13-17)43(40,41)42-29-26(34)24(32)23(31)25(33)27(29)35/h2-10,12-14H,11H2,1H3. The predicted octanol–water partition coefficient (Wildman–Crippen LogP) is 8.28. The van der Waals surface area contributed by atoms with Crippen molar-refractivity contribution >= 4 is 21.0 Å². The minimum atomic E-state index is -5.05. The highest BCUT2D eigenvalue weighted by Gasteiger charge is 2.34. The summed E-state index contributed by atoms with van der Waals surface area (Å²) in [6.07, 6.45) is -3.18. The summed E-state index contributed by atoms with van der Waals surface area (Å²) in [7, 11) is -5.05. The molecule has 0 aliphatic carbocycles. The minimum absolute atomic E-state index is 0.0928. The summed E-state index contributed by atoms with van der Waals surface area (Å²) in [6.45, 7) is 1.70. The van der Waals surface area contributed by atoms with Crippen molar-refractivity contribution in [2.45, 2.75) is 24.4 Å². The van der Waals surface area contributed by atoms with E-state index in [9.17, 15) is 43.5 Å².